The number of hydrogen-bond acceptors (Lipinski definition) is 3. The largest absolute Gasteiger partial charge is 0.355 e. The van der Waals surface area contributed by atoms with Gasteiger partial charge in [-0.2, -0.15) is 11.8 Å². The third-order valence-corrected chi connectivity index (χ3v) is 1.53. The van der Waals surface area contributed by atoms with Crippen molar-refractivity contribution >= 4 is 17.7 Å². The quantitative estimate of drug-likeness (QED) is 0.551. The Hall–Kier alpha value is -0.220. The molecular weight excluding hydrogens is 148 g/mol. The van der Waals surface area contributed by atoms with Gasteiger partial charge >= 0.3 is 0 Å². The lowest BCUT2D eigenvalue weighted by molar-refractivity contribution is -0.118. The maximum atomic E-state index is 10.7. The molecule has 0 bridgehead atoms. The van der Waals surface area contributed by atoms with Crippen molar-refractivity contribution in [1.29, 1.82) is 0 Å². The van der Waals surface area contributed by atoms with Gasteiger partial charge in [-0.1, -0.05) is 0 Å². The summed E-state index contributed by atoms with van der Waals surface area (Å²) in [5.74, 6) is 0.644. The van der Waals surface area contributed by atoms with E-state index in [1.807, 2.05) is 6.26 Å². The Morgan fingerprint density at radius 3 is 2.90 bits per heavy atom. The minimum atomic E-state index is 0.0981. The Kier molecular flexibility index (Phi) is 6.74. The van der Waals surface area contributed by atoms with Crippen molar-refractivity contribution in [2.75, 3.05) is 25.1 Å². The molecule has 0 unspecified atom stereocenters. The third kappa shape index (κ3) is 5.91. The number of carbonyl (C=O) groups is 1. The average Bonchev–Trinajstić information content (AvgIpc) is 1.89. The second-order valence-corrected chi connectivity index (χ2v) is 2.79. The summed E-state index contributed by atoms with van der Waals surface area (Å²) in [7, 11) is 0. The topological polar surface area (TPSA) is 55.1 Å². The van der Waals surface area contributed by atoms with Gasteiger partial charge < -0.3 is 11.1 Å². The fourth-order valence-electron chi connectivity index (χ4n) is 0.512. The zero-order valence-electron chi connectivity index (χ0n) is 6.22. The van der Waals surface area contributed by atoms with Crippen LogP contribution in [0.15, 0.2) is 0 Å². The van der Waals surface area contributed by atoms with Crippen molar-refractivity contribution in [3.05, 3.63) is 0 Å². The van der Waals surface area contributed by atoms with Gasteiger partial charge in [0, 0.05) is 6.54 Å². The molecule has 0 aromatic heterocycles. The van der Waals surface area contributed by atoms with Crippen LogP contribution in [0, 0.1) is 0 Å². The van der Waals surface area contributed by atoms with Gasteiger partial charge in [0.25, 0.3) is 0 Å². The molecule has 0 saturated carbocycles. The van der Waals surface area contributed by atoms with Crippen LogP contribution >= 0.6 is 11.8 Å². The van der Waals surface area contributed by atoms with Gasteiger partial charge in [-0.3, -0.25) is 4.79 Å². The van der Waals surface area contributed by atoms with Crippen LogP contribution in [-0.4, -0.2) is 31.0 Å². The first-order valence-electron chi connectivity index (χ1n) is 3.27. The van der Waals surface area contributed by atoms with Crippen LogP contribution in [-0.2, 0) is 4.79 Å². The summed E-state index contributed by atoms with van der Waals surface area (Å²) in [6.07, 6.45) is 2.77. The molecule has 4 heteroatoms. The molecule has 0 atom stereocenters. The summed E-state index contributed by atoms with van der Waals surface area (Å²) < 4.78 is 0. The van der Waals surface area contributed by atoms with Crippen molar-refractivity contribution in [3.8, 4) is 0 Å². The number of nitrogens with two attached hydrogens (primary N) is 1. The van der Waals surface area contributed by atoms with Gasteiger partial charge in [-0.05, 0) is 19.2 Å². The van der Waals surface area contributed by atoms with Crippen LogP contribution in [0.4, 0.5) is 0 Å². The van der Waals surface area contributed by atoms with Crippen LogP contribution in [0.5, 0.6) is 0 Å². The fourth-order valence-corrected chi connectivity index (χ4v) is 0.876. The van der Waals surface area contributed by atoms with E-state index in [2.05, 4.69) is 5.32 Å². The molecule has 0 aliphatic rings. The second-order valence-electron chi connectivity index (χ2n) is 1.93. The van der Waals surface area contributed by atoms with Gasteiger partial charge in [0.15, 0.2) is 0 Å². The molecule has 10 heavy (non-hydrogen) atoms. The van der Waals surface area contributed by atoms with Crippen LogP contribution in [0.1, 0.15) is 6.42 Å². The molecule has 0 aromatic rings. The zero-order chi connectivity index (χ0) is 7.82. The van der Waals surface area contributed by atoms with E-state index in [9.17, 15) is 4.79 Å². The second kappa shape index (κ2) is 6.89. The highest BCUT2D eigenvalue weighted by Crippen LogP contribution is 1.88. The van der Waals surface area contributed by atoms with Crippen molar-refractivity contribution in [2.45, 2.75) is 6.42 Å². The summed E-state index contributed by atoms with van der Waals surface area (Å²) in [4.78, 5) is 10.7. The number of nitrogens with one attached hydrogen (secondary N) is 1. The van der Waals surface area contributed by atoms with E-state index in [0.717, 1.165) is 6.42 Å². The maximum absolute atomic E-state index is 10.7. The predicted molar refractivity (Wildman–Crippen MR) is 45.1 cm³/mol. The Balaban J connectivity index is 3.05. The highest BCUT2D eigenvalue weighted by molar-refractivity contribution is 7.99. The van der Waals surface area contributed by atoms with E-state index in [4.69, 9.17) is 5.73 Å². The summed E-state index contributed by atoms with van der Waals surface area (Å²) in [6, 6.07) is 0. The molecule has 1 amide bonds. The van der Waals surface area contributed by atoms with Crippen molar-refractivity contribution in [3.63, 3.8) is 0 Å². The first-order chi connectivity index (χ1) is 4.81. The molecule has 0 radical (unpaired) electrons. The molecular formula is C6H14N2OS. The third-order valence-electron chi connectivity index (χ3n) is 0.979. The summed E-state index contributed by atoms with van der Waals surface area (Å²) in [5, 5.41) is 2.74. The first-order valence-corrected chi connectivity index (χ1v) is 4.66. The molecule has 0 spiro atoms. The minimum absolute atomic E-state index is 0.0981. The van der Waals surface area contributed by atoms with E-state index in [-0.39, 0.29) is 5.91 Å². The average molecular weight is 162 g/mol. The number of thioether (sulfide) groups is 1. The molecule has 0 fully saturated rings. The fraction of sp³-hybridized carbons (Fsp3) is 0.833. The lowest BCUT2D eigenvalue weighted by Crippen LogP contribution is -2.27. The maximum Gasteiger partial charge on any atom is 0.229 e. The van der Waals surface area contributed by atoms with Gasteiger partial charge in [0.1, 0.15) is 0 Å². The van der Waals surface area contributed by atoms with Gasteiger partial charge in [0.05, 0.1) is 5.75 Å². The Labute approximate surface area is 65.7 Å². The SMILES string of the molecule is CSCC(=O)NCCCN. The Morgan fingerprint density at radius 2 is 2.40 bits per heavy atom. The number of amides is 1. The van der Waals surface area contributed by atoms with E-state index in [0.29, 0.717) is 18.8 Å². The van der Waals surface area contributed by atoms with Crippen molar-refractivity contribution in [2.24, 2.45) is 5.73 Å². The molecule has 3 nitrogen and oxygen atoms in total. The zero-order valence-corrected chi connectivity index (χ0v) is 7.04. The molecule has 0 heterocycles. The molecule has 0 rings (SSSR count). The summed E-state index contributed by atoms with van der Waals surface area (Å²) >= 11 is 1.52. The Morgan fingerprint density at radius 1 is 1.70 bits per heavy atom. The van der Waals surface area contributed by atoms with E-state index in [1.165, 1.54) is 11.8 Å². The number of hydrogen-bond donors (Lipinski definition) is 2. The van der Waals surface area contributed by atoms with Gasteiger partial charge in [-0.25, -0.2) is 0 Å². The van der Waals surface area contributed by atoms with E-state index < -0.39 is 0 Å². The lowest BCUT2D eigenvalue weighted by Gasteiger charge is -2.00. The van der Waals surface area contributed by atoms with Crippen molar-refractivity contribution in [1.82, 2.24) is 5.32 Å². The smallest absolute Gasteiger partial charge is 0.229 e. The highest BCUT2D eigenvalue weighted by atomic mass is 32.2. The predicted octanol–water partition coefficient (Wildman–Crippen LogP) is -0.186. The minimum Gasteiger partial charge on any atom is -0.355 e. The van der Waals surface area contributed by atoms with Crippen molar-refractivity contribution < 1.29 is 4.79 Å². The monoisotopic (exact) mass is 162 g/mol. The molecule has 0 aliphatic heterocycles. The van der Waals surface area contributed by atoms with E-state index >= 15 is 0 Å². The highest BCUT2D eigenvalue weighted by Gasteiger charge is 1.95. The first kappa shape index (κ1) is 9.78. The van der Waals surface area contributed by atoms with Crippen LogP contribution in [0.25, 0.3) is 0 Å². The standard InChI is InChI=1S/C6H14N2OS/c1-10-5-6(9)8-4-2-3-7/h2-5,7H2,1H3,(H,8,9). The van der Waals surface area contributed by atoms with Crippen LogP contribution in [0.3, 0.4) is 0 Å². The molecule has 0 aromatic carbocycles. The molecule has 3 N–H and O–H groups in total. The van der Waals surface area contributed by atoms with Crippen LogP contribution in [0.2, 0.25) is 0 Å². The normalized spacial score (nSPS) is 9.40. The molecule has 0 saturated heterocycles. The Bertz CT molecular complexity index is 97.7. The number of rotatable bonds is 5. The van der Waals surface area contributed by atoms with Gasteiger partial charge in [0.2, 0.25) is 5.91 Å². The van der Waals surface area contributed by atoms with Crippen LogP contribution < -0.4 is 11.1 Å². The summed E-state index contributed by atoms with van der Waals surface area (Å²) in [5.41, 5.74) is 5.23. The number of carbonyl (C=O) groups excluding carboxylic acids is 1. The summed E-state index contributed by atoms with van der Waals surface area (Å²) in [6.45, 7) is 1.34. The van der Waals surface area contributed by atoms with E-state index in [1.54, 1.807) is 0 Å². The molecule has 0 aliphatic carbocycles. The lowest BCUT2D eigenvalue weighted by atomic mass is 10.4. The van der Waals surface area contributed by atoms with Gasteiger partial charge in [-0.15, -0.1) is 0 Å². The molecule has 60 valence electrons.